The number of hydrogen-bond donors (Lipinski definition) is 1. The van der Waals surface area contributed by atoms with Crippen molar-refractivity contribution in [2.24, 2.45) is 11.8 Å². The number of nitrogens with one attached hydrogen (secondary N) is 1. The van der Waals surface area contributed by atoms with E-state index in [1.165, 1.54) is 30.5 Å². The van der Waals surface area contributed by atoms with Crippen LogP contribution in [-0.4, -0.2) is 15.3 Å². The van der Waals surface area contributed by atoms with E-state index >= 15 is 0 Å². The maximum absolute atomic E-state index is 4.78. The molecule has 1 heterocycles. The summed E-state index contributed by atoms with van der Waals surface area (Å²) >= 11 is 0. The number of hydrogen-bond acceptors (Lipinski definition) is 2. The quantitative estimate of drug-likeness (QED) is 0.902. The van der Waals surface area contributed by atoms with Crippen LogP contribution in [0.3, 0.4) is 0 Å². The standard InChI is InChI=1S/C17H31N3/c1-12-7-13(2)9-16(8-12)20-11-15(14(3)19-20)10-18-17(4,5)6/h11-13,16,18H,7-10H2,1-6H3. The predicted molar refractivity (Wildman–Crippen MR) is 84.8 cm³/mol. The highest BCUT2D eigenvalue weighted by Gasteiger charge is 2.26. The summed E-state index contributed by atoms with van der Waals surface area (Å²) in [7, 11) is 0. The van der Waals surface area contributed by atoms with Crippen molar-refractivity contribution in [3.8, 4) is 0 Å². The molecule has 0 bridgehead atoms. The van der Waals surface area contributed by atoms with Gasteiger partial charge in [0.25, 0.3) is 0 Å². The van der Waals surface area contributed by atoms with E-state index in [0.717, 1.165) is 18.4 Å². The van der Waals surface area contributed by atoms with Gasteiger partial charge in [0.15, 0.2) is 0 Å². The van der Waals surface area contributed by atoms with Gasteiger partial charge in [-0.25, -0.2) is 0 Å². The zero-order valence-corrected chi connectivity index (χ0v) is 14.0. The largest absolute Gasteiger partial charge is 0.308 e. The van der Waals surface area contributed by atoms with Crippen LogP contribution in [0.5, 0.6) is 0 Å². The Kier molecular flexibility index (Phi) is 4.58. The van der Waals surface area contributed by atoms with E-state index in [9.17, 15) is 0 Å². The lowest BCUT2D eigenvalue weighted by Crippen LogP contribution is -2.35. The lowest BCUT2D eigenvalue weighted by atomic mass is 9.80. The first-order valence-corrected chi connectivity index (χ1v) is 8.04. The molecule has 1 saturated carbocycles. The summed E-state index contributed by atoms with van der Waals surface area (Å²) in [4.78, 5) is 0. The molecule has 2 unspecified atom stereocenters. The first kappa shape index (κ1) is 15.6. The molecule has 1 aliphatic carbocycles. The van der Waals surface area contributed by atoms with Crippen LogP contribution in [-0.2, 0) is 6.54 Å². The summed E-state index contributed by atoms with van der Waals surface area (Å²) in [6.45, 7) is 14.4. The van der Waals surface area contributed by atoms with E-state index in [2.05, 4.69) is 57.7 Å². The number of rotatable bonds is 3. The Labute approximate surface area is 124 Å². The highest BCUT2D eigenvalue weighted by Crippen LogP contribution is 2.35. The minimum Gasteiger partial charge on any atom is -0.308 e. The van der Waals surface area contributed by atoms with Crippen molar-refractivity contribution in [2.45, 2.75) is 78.9 Å². The van der Waals surface area contributed by atoms with E-state index in [1.807, 2.05) is 0 Å². The fourth-order valence-electron chi connectivity index (χ4n) is 3.36. The summed E-state index contributed by atoms with van der Waals surface area (Å²) < 4.78 is 2.24. The molecule has 0 spiro atoms. The lowest BCUT2D eigenvalue weighted by molar-refractivity contribution is 0.209. The molecule has 3 nitrogen and oxygen atoms in total. The number of aromatic nitrogens is 2. The number of aryl methyl sites for hydroxylation is 1. The molecule has 0 aromatic carbocycles. The van der Waals surface area contributed by atoms with Crippen molar-refractivity contribution in [1.29, 1.82) is 0 Å². The van der Waals surface area contributed by atoms with Gasteiger partial charge in [-0.05, 0) is 58.8 Å². The lowest BCUT2D eigenvalue weighted by Gasteiger charge is -2.31. The molecular formula is C17H31N3. The van der Waals surface area contributed by atoms with E-state index in [4.69, 9.17) is 5.10 Å². The normalized spacial score (nSPS) is 27.8. The van der Waals surface area contributed by atoms with Crippen LogP contribution < -0.4 is 5.32 Å². The minimum absolute atomic E-state index is 0.155. The van der Waals surface area contributed by atoms with Gasteiger partial charge in [-0.3, -0.25) is 4.68 Å². The molecule has 1 N–H and O–H groups in total. The molecule has 2 rings (SSSR count). The van der Waals surface area contributed by atoms with Gasteiger partial charge in [-0.15, -0.1) is 0 Å². The van der Waals surface area contributed by atoms with Crippen molar-refractivity contribution in [2.75, 3.05) is 0 Å². The summed E-state index contributed by atoms with van der Waals surface area (Å²) in [5, 5.41) is 8.34. The van der Waals surface area contributed by atoms with Crippen LogP contribution in [0.4, 0.5) is 0 Å². The summed E-state index contributed by atoms with van der Waals surface area (Å²) in [6, 6.07) is 0.593. The average molecular weight is 277 g/mol. The molecule has 3 heteroatoms. The van der Waals surface area contributed by atoms with E-state index in [1.54, 1.807) is 0 Å². The Morgan fingerprint density at radius 1 is 1.20 bits per heavy atom. The average Bonchev–Trinajstić information content (AvgIpc) is 2.66. The van der Waals surface area contributed by atoms with Crippen LogP contribution in [0, 0.1) is 18.8 Å². The molecule has 0 amide bonds. The second-order valence-electron chi connectivity index (χ2n) is 7.89. The Hall–Kier alpha value is -0.830. The monoisotopic (exact) mass is 277 g/mol. The fourth-order valence-corrected chi connectivity index (χ4v) is 3.36. The predicted octanol–water partition coefficient (Wildman–Crippen LogP) is 4.08. The van der Waals surface area contributed by atoms with Crippen molar-refractivity contribution in [3.05, 3.63) is 17.5 Å². The molecular weight excluding hydrogens is 246 g/mol. The Bertz CT molecular complexity index is 432. The third-order valence-corrected chi connectivity index (χ3v) is 4.36. The van der Waals surface area contributed by atoms with Crippen molar-refractivity contribution < 1.29 is 0 Å². The third-order valence-electron chi connectivity index (χ3n) is 4.36. The van der Waals surface area contributed by atoms with E-state index < -0.39 is 0 Å². The summed E-state index contributed by atoms with van der Waals surface area (Å²) in [6.07, 6.45) is 6.19. The van der Waals surface area contributed by atoms with Crippen LogP contribution >= 0.6 is 0 Å². The van der Waals surface area contributed by atoms with Gasteiger partial charge < -0.3 is 5.32 Å². The van der Waals surface area contributed by atoms with Gasteiger partial charge >= 0.3 is 0 Å². The smallest absolute Gasteiger partial charge is 0.0638 e. The Morgan fingerprint density at radius 2 is 1.80 bits per heavy atom. The van der Waals surface area contributed by atoms with Gasteiger partial charge in [-0.2, -0.15) is 5.10 Å². The summed E-state index contributed by atoms with van der Waals surface area (Å²) in [5.74, 6) is 1.65. The maximum atomic E-state index is 4.78. The first-order chi connectivity index (χ1) is 9.24. The van der Waals surface area contributed by atoms with Gasteiger partial charge in [0.1, 0.15) is 0 Å². The van der Waals surface area contributed by atoms with Gasteiger partial charge in [0, 0.05) is 23.8 Å². The zero-order chi connectivity index (χ0) is 14.9. The fraction of sp³-hybridized carbons (Fsp3) is 0.824. The van der Waals surface area contributed by atoms with Crippen molar-refractivity contribution in [3.63, 3.8) is 0 Å². The summed E-state index contributed by atoms with van der Waals surface area (Å²) in [5.41, 5.74) is 2.67. The minimum atomic E-state index is 0.155. The van der Waals surface area contributed by atoms with E-state index in [0.29, 0.717) is 6.04 Å². The van der Waals surface area contributed by atoms with Gasteiger partial charge in [0.2, 0.25) is 0 Å². The maximum Gasteiger partial charge on any atom is 0.0638 e. The molecule has 1 aromatic rings. The first-order valence-electron chi connectivity index (χ1n) is 8.04. The van der Waals surface area contributed by atoms with Gasteiger partial charge in [-0.1, -0.05) is 13.8 Å². The van der Waals surface area contributed by atoms with Crippen molar-refractivity contribution >= 4 is 0 Å². The highest BCUT2D eigenvalue weighted by atomic mass is 15.3. The van der Waals surface area contributed by atoms with Crippen LogP contribution in [0.15, 0.2) is 6.20 Å². The van der Waals surface area contributed by atoms with Gasteiger partial charge in [0.05, 0.1) is 11.7 Å². The van der Waals surface area contributed by atoms with Crippen LogP contribution in [0.25, 0.3) is 0 Å². The highest BCUT2D eigenvalue weighted by molar-refractivity contribution is 5.16. The number of nitrogens with zero attached hydrogens (tertiary/aromatic N) is 2. The Balaban J connectivity index is 2.06. The molecule has 0 aliphatic heterocycles. The van der Waals surface area contributed by atoms with Crippen LogP contribution in [0.2, 0.25) is 0 Å². The van der Waals surface area contributed by atoms with E-state index in [-0.39, 0.29) is 5.54 Å². The molecule has 2 atom stereocenters. The SMILES string of the molecule is Cc1nn(C2CC(C)CC(C)C2)cc1CNC(C)(C)C. The molecule has 1 fully saturated rings. The molecule has 1 aromatic heterocycles. The molecule has 1 aliphatic rings. The molecule has 0 saturated heterocycles. The zero-order valence-electron chi connectivity index (χ0n) is 14.0. The van der Waals surface area contributed by atoms with Crippen molar-refractivity contribution in [1.82, 2.24) is 15.1 Å². The second kappa shape index (κ2) is 5.88. The van der Waals surface area contributed by atoms with Crippen LogP contribution in [0.1, 0.15) is 71.2 Å². The second-order valence-corrected chi connectivity index (χ2v) is 7.89. The molecule has 20 heavy (non-hydrogen) atoms. The third kappa shape index (κ3) is 4.08. The topological polar surface area (TPSA) is 29.9 Å². The Morgan fingerprint density at radius 3 is 2.35 bits per heavy atom. The molecule has 0 radical (unpaired) electrons. The molecule has 114 valence electrons.